The lowest BCUT2D eigenvalue weighted by Crippen LogP contribution is -2.30. The van der Waals surface area contributed by atoms with Gasteiger partial charge in [-0.05, 0) is 73.2 Å². The van der Waals surface area contributed by atoms with E-state index < -0.39 is 0 Å². The second kappa shape index (κ2) is 8.84. The molecule has 5 rings (SSSR count). The molecule has 0 unspecified atom stereocenters. The first-order valence-electron chi connectivity index (χ1n) is 10.5. The maximum absolute atomic E-state index is 6.48. The first-order chi connectivity index (χ1) is 16.1. The smallest absolute Gasteiger partial charge is 0.174 e. The molecule has 0 bridgehead atoms. The zero-order chi connectivity index (χ0) is 22.9. The molecule has 4 aromatic rings. The summed E-state index contributed by atoms with van der Waals surface area (Å²) in [5, 5.41) is 4.60. The van der Waals surface area contributed by atoms with Gasteiger partial charge < -0.3 is 19.5 Å². The lowest BCUT2D eigenvalue weighted by atomic mass is 10.0. The van der Waals surface area contributed by atoms with E-state index in [1.54, 1.807) is 13.3 Å². The normalized spacial score (nSPS) is 17.8. The van der Waals surface area contributed by atoms with Gasteiger partial charge in [-0.1, -0.05) is 23.7 Å². The number of methoxy groups -OCH3 is 1. The van der Waals surface area contributed by atoms with Crippen LogP contribution in [0.25, 0.3) is 5.82 Å². The van der Waals surface area contributed by atoms with Crippen LogP contribution >= 0.6 is 23.8 Å². The molecule has 1 aromatic carbocycles. The van der Waals surface area contributed by atoms with Crippen molar-refractivity contribution in [1.82, 2.24) is 19.9 Å². The molecule has 166 valence electrons. The van der Waals surface area contributed by atoms with Crippen LogP contribution in [0, 0.1) is 6.92 Å². The summed E-state index contributed by atoms with van der Waals surface area (Å²) in [6.45, 7) is 2.03. The predicted molar refractivity (Wildman–Crippen MR) is 134 cm³/mol. The molecule has 0 saturated carbocycles. The lowest BCUT2D eigenvalue weighted by Gasteiger charge is -2.29. The Bertz CT molecular complexity index is 1290. The van der Waals surface area contributed by atoms with Crippen LogP contribution in [-0.2, 0) is 0 Å². The summed E-state index contributed by atoms with van der Waals surface area (Å²) in [5.41, 5.74) is 3.90. The van der Waals surface area contributed by atoms with Gasteiger partial charge in [0.1, 0.15) is 17.6 Å². The van der Waals surface area contributed by atoms with Crippen molar-refractivity contribution in [2.45, 2.75) is 19.0 Å². The number of hydrogen-bond acceptors (Lipinski definition) is 4. The van der Waals surface area contributed by atoms with Gasteiger partial charge in [0.25, 0.3) is 0 Å². The zero-order valence-electron chi connectivity index (χ0n) is 18.1. The molecule has 8 heteroatoms. The molecule has 0 spiro atoms. The van der Waals surface area contributed by atoms with E-state index >= 15 is 0 Å². The van der Waals surface area contributed by atoms with E-state index in [9.17, 15) is 0 Å². The van der Waals surface area contributed by atoms with Crippen LogP contribution in [0.2, 0.25) is 5.02 Å². The van der Waals surface area contributed by atoms with Crippen LogP contribution in [0.3, 0.4) is 0 Å². The van der Waals surface area contributed by atoms with Gasteiger partial charge >= 0.3 is 0 Å². The highest BCUT2D eigenvalue weighted by atomic mass is 35.5. The highest BCUT2D eigenvalue weighted by Gasteiger charge is 2.42. The fourth-order valence-corrected chi connectivity index (χ4v) is 4.78. The number of nitrogens with one attached hydrogen (secondary N) is 1. The summed E-state index contributed by atoms with van der Waals surface area (Å²) < 4.78 is 7.44. The maximum atomic E-state index is 6.48. The number of aryl methyl sites for hydroxylation is 1. The quantitative estimate of drug-likeness (QED) is 0.389. The molecule has 2 atom stereocenters. The average molecular weight is 476 g/mol. The second-order valence-electron chi connectivity index (χ2n) is 7.81. The third-order valence-corrected chi connectivity index (χ3v) is 6.35. The van der Waals surface area contributed by atoms with Crippen molar-refractivity contribution in [2.24, 2.45) is 0 Å². The van der Waals surface area contributed by atoms with E-state index in [2.05, 4.69) is 36.9 Å². The number of pyridine rings is 2. The molecule has 33 heavy (non-hydrogen) atoms. The van der Waals surface area contributed by atoms with E-state index in [-0.39, 0.29) is 12.1 Å². The van der Waals surface area contributed by atoms with Gasteiger partial charge in [-0.3, -0.25) is 4.98 Å². The third kappa shape index (κ3) is 3.94. The molecular formula is C25H22ClN5OS. The van der Waals surface area contributed by atoms with Crippen LogP contribution < -0.4 is 15.0 Å². The maximum Gasteiger partial charge on any atom is 0.174 e. The number of halogens is 1. The molecule has 1 aliphatic rings. The second-order valence-corrected chi connectivity index (χ2v) is 8.61. The fraction of sp³-hybridized carbons (Fsp3) is 0.160. The molecule has 1 saturated heterocycles. The fourth-order valence-electron chi connectivity index (χ4n) is 4.18. The Morgan fingerprint density at radius 2 is 1.94 bits per heavy atom. The molecule has 1 aliphatic heterocycles. The van der Waals surface area contributed by atoms with Gasteiger partial charge in [0, 0.05) is 30.0 Å². The summed E-state index contributed by atoms with van der Waals surface area (Å²) in [4.78, 5) is 11.3. The largest absolute Gasteiger partial charge is 0.495 e. The van der Waals surface area contributed by atoms with Gasteiger partial charge in [0.05, 0.1) is 23.9 Å². The zero-order valence-corrected chi connectivity index (χ0v) is 19.7. The lowest BCUT2D eigenvalue weighted by molar-refractivity contribution is 0.415. The minimum absolute atomic E-state index is 0.168. The van der Waals surface area contributed by atoms with E-state index in [0.717, 1.165) is 28.5 Å². The van der Waals surface area contributed by atoms with Crippen molar-refractivity contribution in [1.29, 1.82) is 0 Å². The van der Waals surface area contributed by atoms with Crippen LogP contribution in [0.5, 0.6) is 5.75 Å². The Kier molecular flexibility index (Phi) is 5.74. The van der Waals surface area contributed by atoms with Crippen molar-refractivity contribution in [3.8, 4) is 11.6 Å². The van der Waals surface area contributed by atoms with Crippen LogP contribution in [-0.4, -0.2) is 26.8 Å². The van der Waals surface area contributed by atoms with E-state index in [0.29, 0.717) is 15.9 Å². The summed E-state index contributed by atoms with van der Waals surface area (Å²) in [5.74, 6) is 1.45. The first kappa shape index (κ1) is 21.4. The number of ether oxygens (including phenoxy) is 1. The number of aromatic nitrogens is 3. The minimum Gasteiger partial charge on any atom is -0.495 e. The Labute approximate surface area is 202 Å². The third-order valence-electron chi connectivity index (χ3n) is 5.74. The van der Waals surface area contributed by atoms with E-state index in [1.807, 2.05) is 67.8 Å². The predicted octanol–water partition coefficient (Wildman–Crippen LogP) is 5.41. The van der Waals surface area contributed by atoms with Gasteiger partial charge in [0.2, 0.25) is 0 Å². The van der Waals surface area contributed by atoms with E-state index in [4.69, 9.17) is 28.6 Å². The number of benzene rings is 1. The number of thiocarbonyl (C=S) groups is 1. The van der Waals surface area contributed by atoms with Crippen molar-refractivity contribution in [3.63, 3.8) is 0 Å². The van der Waals surface area contributed by atoms with Crippen LogP contribution in [0.15, 0.2) is 79.3 Å². The number of anilines is 1. The summed E-state index contributed by atoms with van der Waals surface area (Å²) in [7, 11) is 1.60. The number of nitrogens with zero attached hydrogens (tertiary/aromatic N) is 4. The Hall–Kier alpha value is -3.42. The highest BCUT2D eigenvalue weighted by Crippen LogP contribution is 2.43. The molecule has 1 N–H and O–H groups in total. The Morgan fingerprint density at radius 1 is 1.06 bits per heavy atom. The highest BCUT2D eigenvalue weighted by molar-refractivity contribution is 7.80. The SMILES string of the molecule is COc1ccc(N2C(=S)N[C@H](c3ccccn3)[C@H]2c2cccn2-c2ccc(C)cn2)cc1Cl. The number of rotatable bonds is 5. The Morgan fingerprint density at radius 3 is 2.64 bits per heavy atom. The van der Waals surface area contributed by atoms with Crippen LogP contribution in [0.1, 0.15) is 29.0 Å². The van der Waals surface area contributed by atoms with Gasteiger partial charge in [-0.25, -0.2) is 4.98 Å². The topological polar surface area (TPSA) is 55.2 Å². The van der Waals surface area contributed by atoms with Gasteiger partial charge in [0.15, 0.2) is 5.11 Å². The van der Waals surface area contributed by atoms with Crippen molar-refractivity contribution < 1.29 is 4.74 Å². The summed E-state index contributed by atoms with van der Waals surface area (Å²) >= 11 is 12.3. The first-order valence-corrected chi connectivity index (χ1v) is 11.3. The van der Waals surface area contributed by atoms with E-state index in [1.165, 1.54) is 0 Å². The molecule has 4 heterocycles. The monoisotopic (exact) mass is 475 g/mol. The van der Waals surface area contributed by atoms with Crippen molar-refractivity contribution >= 4 is 34.6 Å². The minimum atomic E-state index is -0.185. The summed E-state index contributed by atoms with van der Waals surface area (Å²) in [6.07, 6.45) is 5.68. The molecule has 6 nitrogen and oxygen atoms in total. The molecule has 0 amide bonds. The van der Waals surface area contributed by atoms with Crippen LogP contribution in [0.4, 0.5) is 5.69 Å². The standard InChI is InChI=1S/C25H22ClN5OS/c1-16-8-11-22(28-15-16)30-13-5-7-20(30)24-23(19-6-3-4-12-27-19)29-25(33)31(24)17-9-10-21(32-2)18(26)14-17/h3-15,23-24H,1-2H3,(H,29,33)/t23-,24-/m1/s1. The number of hydrogen-bond donors (Lipinski definition) is 1. The van der Waals surface area contributed by atoms with Crippen molar-refractivity contribution in [2.75, 3.05) is 12.0 Å². The summed E-state index contributed by atoms with van der Waals surface area (Å²) in [6, 6.07) is 19.4. The molecule has 1 fully saturated rings. The van der Waals surface area contributed by atoms with Gasteiger partial charge in [-0.15, -0.1) is 0 Å². The van der Waals surface area contributed by atoms with Crippen molar-refractivity contribution in [3.05, 3.63) is 101 Å². The molecule has 3 aromatic heterocycles. The average Bonchev–Trinajstić information content (AvgIpc) is 3.44. The molecular weight excluding hydrogens is 454 g/mol. The molecule has 0 aliphatic carbocycles. The molecule has 0 radical (unpaired) electrons. The Balaban J connectivity index is 1.66. The van der Waals surface area contributed by atoms with Gasteiger partial charge in [-0.2, -0.15) is 0 Å².